The molecule has 0 radical (unpaired) electrons. The molecule has 27 heavy (non-hydrogen) atoms. The molecule has 1 aliphatic rings. The molecule has 0 unspecified atom stereocenters. The fraction of sp³-hybridized carbons (Fsp3) is 0.136. The van der Waals surface area contributed by atoms with Crippen molar-refractivity contribution in [3.05, 3.63) is 72.8 Å². The van der Waals surface area contributed by atoms with E-state index in [1.165, 1.54) is 11.8 Å². The molecule has 3 aromatic rings. The molecule has 5 heteroatoms. The molecule has 0 atom stereocenters. The summed E-state index contributed by atoms with van der Waals surface area (Å²) < 4.78 is 11.1. The molecule has 1 N–H and O–H groups in total. The molecule has 0 aromatic heterocycles. The van der Waals surface area contributed by atoms with Crippen molar-refractivity contribution < 1.29 is 14.3 Å². The van der Waals surface area contributed by atoms with Crippen LogP contribution in [0.2, 0.25) is 0 Å². The van der Waals surface area contributed by atoms with Crippen molar-refractivity contribution in [1.82, 2.24) is 0 Å². The first-order chi connectivity index (χ1) is 13.3. The molecule has 4 nitrogen and oxygen atoms in total. The van der Waals surface area contributed by atoms with Crippen molar-refractivity contribution in [3.8, 4) is 22.6 Å². The predicted molar refractivity (Wildman–Crippen MR) is 109 cm³/mol. The molecule has 1 heterocycles. The summed E-state index contributed by atoms with van der Waals surface area (Å²) in [4.78, 5) is 13.4. The van der Waals surface area contributed by atoms with Gasteiger partial charge in [0.05, 0.1) is 5.75 Å². The molecule has 1 amide bonds. The first kappa shape index (κ1) is 17.5. The Morgan fingerprint density at radius 1 is 0.889 bits per heavy atom. The van der Waals surface area contributed by atoms with Crippen LogP contribution in [0, 0.1) is 0 Å². The number of fused-ring (bicyclic) bond motifs is 1. The van der Waals surface area contributed by atoms with Gasteiger partial charge in [-0.3, -0.25) is 4.79 Å². The third-order valence-corrected chi connectivity index (χ3v) is 5.16. The predicted octanol–water partition coefficient (Wildman–Crippen LogP) is 4.86. The van der Waals surface area contributed by atoms with Crippen LogP contribution in [-0.2, 0) is 4.79 Å². The second-order valence-corrected chi connectivity index (χ2v) is 7.10. The number of amides is 1. The molecular weight excluding hydrogens is 358 g/mol. The summed E-state index contributed by atoms with van der Waals surface area (Å²) in [6, 6.07) is 23.6. The Labute approximate surface area is 162 Å². The molecule has 0 bridgehead atoms. The van der Waals surface area contributed by atoms with E-state index in [4.69, 9.17) is 9.47 Å². The van der Waals surface area contributed by atoms with Crippen LogP contribution in [0.3, 0.4) is 0 Å². The number of para-hydroxylation sites is 1. The monoisotopic (exact) mass is 377 g/mol. The number of carbonyl (C=O) groups excluding carboxylic acids is 1. The summed E-state index contributed by atoms with van der Waals surface area (Å²) in [5.74, 6) is 1.77. The smallest absolute Gasteiger partial charge is 0.234 e. The molecule has 3 aromatic carbocycles. The highest BCUT2D eigenvalue weighted by molar-refractivity contribution is 8.00. The molecule has 0 saturated carbocycles. The number of carbonyl (C=O) groups is 1. The molecule has 4 rings (SSSR count). The fourth-order valence-corrected chi connectivity index (χ4v) is 3.63. The highest BCUT2D eigenvalue weighted by Gasteiger charge is 2.13. The SMILES string of the molecule is O=C(CSc1ccc2c(c1)OCCO2)Nc1ccccc1-c1ccccc1. The molecule has 136 valence electrons. The van der Waals surface area contributed by atoms with Crippen molar-refractivity contribution in [2.45, 2.75) is 4.90 Å². The standard InChI is InChI=1S/C22H19NO3S/c24-22(15-27-17-10-11-20-21(14-17)26-13-12-25-20)23-19-9-5-4-8-18(19)16-6-2-1-3-7-16/h1-11,14H,12-13,15H2,(H,23,24). The summed E-state index contributed by atoms with van der Waals surface area (Å²) in [5.41, 5.74) is 2.90. The van der Waals surface area contributed by atoms with Crippen molar-refractivity contribution in [3.63, 3.8) is 0 Å². The van der Waals surface area contributed by atoms with E-state index in [1.54, 1.807) is 0 Å². The van der Waals surface area contributed by atoms with E-state index in [1.807, 2.05) is 72.8 Å². The minimum atomic E-state index is -0.0433. The third kappa shape index (κ3) is 4.26. The minimum absolute atomic E-state index is 0.0433. The van der Waals surface area contributed by atoms with Gasteiger partial charge in [0.15, 0.2) is 11.5 Å². The first-order valence-corrected chi connectivity index (χ1v) is 9.75. The Kier molecular flexibility index (Phi) is 5.30. The van der Waals surface area contributed by atoms with Gasteiger partial charge in [-0.15, -0.1) is 11.8 Å². The largest absolute Gasteiger partial charge is 0.486 e. The fourth-order valence-electron chi connectivity index (χ4n) is 2.91. The Bertz CT molecular complexity index is 943. The lowest BCUT2D eigenvalue weighted by Crippen LogP contribution is -2.16. The minimum Gasteiger partial charge on any atom is -0.486 e. The number of benzene rings is 3. The van der Waals surface area contributed by atoms with Gasteiger partial charge in [0, 0.05) is 16.1 Å². The lowest BCUT2D eigenvalue weighted by molar-refractivity contribution is -0.113. The van der Waals surface area contributed by atoms with E-state index < -0.39 is 0 Å². The van der Waals surface area contributed by atoms with Crippen LogP contribution in [0.5, 0.6) is 11.5 Å². The molecule has 0 aliphatic carbocycles. The summed E-state index contributed by atoms with van der Waals surface area (Å²) in [7, 11) is 0. The van der Waals surface area contributed by atoms with Crippen molar-refractivity contribution in [2.24, 2.45) is 0 Å². The van der Waals surface area contributed by atoms with Crippen LogP contribution in [0.15, 0.2) is 77.7 Å². The van der Waals surface area contributed by atoms with Gasteiger partial charge in [-0.2, -0.15) is 0 Å². The number of anilines is 1. The Hall–Kier alpha value is -2.92. The number of hydrogen-bond donors (Lipinski definition) is 1. The molecular formula is C22H19NO3S. The normalized spacial score (nSPS) is 12.4. The van der Waals surface area contributed by atoms with Gasteiger partial charge >= 0.3 is 0 Å². The maximum Gasteiger partial charge on any atom is 0.234 e. The van der Waals surface area contributed by atoms with Crippen LogP contribution in [0.1, 0.15) is 0 Å². The Morgan fingerprint density at radius 2 is 1.63 bits per heavy atom. The first-order valence-electron chi connectivity index (χ1n) is 8.76. The van der Waals surface area contributed by atoms with E-state index >= 15 is 0 Å². The van der Waals surface area contributed by atoms with Gasteiger partial charge in [0.2, 0.25) is 5.91 Å². The number of ether oxygens (including phenoxy) is 2. The summed E-state index contributed by atoms with van der Waals surface area (Å²) in [6.45, 7) is 1.13. The zero-order valence-corrected chi connectivity index (χ0v) is 15.5. The molecule has 0 saturated heterocycles. The van der Waals surface area contributed by atoms with Crippen LogP contribution in [0.25, 0.3) is 11.1 Å². The van der Waals surface area contributed by atoms with Gasteiger partial charge in [0.1, 0.15) is 13.2 Å². The lowest BCUT2D eigenvalue weighted by Gasteiger charge is -2.18. The summed E-state index contributed by atoms with van der Waals surface area (Å²) in [6.07, 6.45) is 0. The highest BCUT2D eigenvalue weighted by Crippen LogP contribution is 2.34. The van der Waals surface area contributed by atoms with Crippen LogP contribution in [0.4, 0.5) is 5.69 Å². The van der Waals surface area contributed by atoms with Crippen molar-refractivity contribution in [1.29, 1.82) is 0 Å². The second-order valence-electron chi connectivity index (χ2n) is 6.05. The number of thioether (sulfide) groups is 1. The van der Waals surface area contributed by atoms with E-state index in [2.05, 4.69) is 5.32 Å². The van der Waals surface area contributed by atoms with Crippen molar-refractivity contribution in [2.75, 3.05) is 24.3 Å². The van der Waals surface area contributed by atoms with Gasteiger partial charge in [-0.25, -0.2) is 0 Å². The van der Waals surface area contributed by atoms with Gasteiger partial charge in [-0.1, -0.05) is 48.5 Å². The second kappa shape index (κ2) is 8.18. The number of nitrogens with one attached hydrogen (secondary N) is 1. The lowest BCUT2D eigenvalue weighted by atomic mass is 10.0. The maximum atomic E-state index is 12.5. The zero-order valence-electron chi connectivity index (χ0n) is 14.7. The maximum absolute atomic E-state index is 12.5. The van der Waals surface area contributed by atoms with E-state index in [0.29, 0.717) is 19.0 Å². The van der Waals surface area contributed by atoms with E-state index in [9.17, 15) is 4.79 Å². The topological polar surface area (TPSA) is 47.6 Å². The molecule has 1 aliphatic heterocycles. The van der Waals surface area contributed by atoms with Crippen LogP contribution >= 0.6 is 11.8 Å². The quantitative estimate of drug-likeness (QED) is 0.646. The van der Waals surface area contributed by atoms with Gasteiger partial charge in [0.25, 0.3) is 0 Å². The average Bonchev–Trinajstić information content (AvgIpc) is 2.73. The number of rotatable bonds is 5. The van der Waals surface area contributed by atoms with Crippen molar-refractivity contribution >= 4 is 23.4 Å². The highest BCUT2D eigenvalue weighted by atomic mass is 32.2. The van der Waals surface area contributed by atoms with E-state index in [0.717, 1.165) is 33.2 Å². The molecule has 0 fully saturated rings. The number of hydrogen-bond acceptors (Lipinski definition) is 4. The zero-order chi connectivity index (χ0) is 18.5. The summed E-state index contributed by atoms with van der Waals surface area (Å²) >= 11 is 1.47. The Balaban J connectivity index is 1.42. The third-order valence-electron chi connectivity index (χ3n) is 4.17. The average molecular weight is 377 g/mol. The Morgan fingerprint density at radius 3 is 2.48 bits per heavy atom. The summed E-state index contributed by atoms with van der Waals surface area (Å²) in [5, 5.41) is 3.03. The van der Waals surface area contributed by atoms with Gasteiger partial charge in [-0.05, 0) is 29.8 Å². The van der Waals surface area contributed by atoms with Crippen LogP contribution < -0.4 is 14.8 Å². The van der Waals surface area contributed by atoms with Crippen LogP contribution in [-0.4, -0.2) is 24.9 Å². The van der Waals surface area contributed by atoms with E-state index in [-0.39, 0.29) is 5.91 Å². The molecule has 0 spiro atoms. The van der Waals surface area contributed by atoms with Gasteiger partial charge < -0.3 is 14.8 Å².